The molecule has 0 aromatic heterocycles. The Balaban J connectivity index is 1.60. The van der Waals surface area contributed by atoms with Gasteiger partial charge in [0.15, 0.2) is 0 Å². The Morgan fingerprint density at radius 3 is 2.61 bits per heavy atom. The van der Waals surface area contributed by atoms with Gasteiger partial charge in [-0.3, -0.25) is 19.3 Å². The van der Waals surface area contributed by atoms with Gasteiger partial charge in [0.25, 0.3) is 0 Å². The molecular formula is C19H25FN4O6S. The van der Waals surface area contributed by atoms with Gasteiger partial charge in [-0.2, -0.15) is 0 Å². The molecule has 2 aliphatic rings. The first kappa shape index (κ1) is 23.1. The van der Waals surface area contributed by atoms with Crippen molar-refractivity contribution in [1.82, 2.24) is 9.96 Å². The normalized spacial score (nSPS) is 18.9. The summed E-state index contributed by atoms with van der Waals surface area (Å²) in [5.74, 6) is -0.841. The van der Waals surface area contributed by atoms with E-state index >= 15 is 0 Å². The van der Waals surface area contributed by atoms with Gasteiger partial charge in [-0.1, -0.05) is 12.6 Å². The van der Waals surface area contributed by atoms with E-state index in [1.165, 1.54) is 15.9 Å². The third-order valence-corrected chi connectivity index (χ3v) is 5.37. The summed E-state index contributed by atoms with van der Waals surface area (Å²) in [6.07, 6.45) is -1.24. The van der Waals surface area contributed by atoms with Gasteiger partial charge in [-0.15, -0.1) is 0 Å². The zero-order chi connectivity index (χ0) is 22.5. The number of amides is 3. The van der Waals surface area contributed by atoms with Gasteiger partial charge < -0.3 is 19.6 Å². The first-order chi connectivity index (χ1) is 14.8. The Morgan fingerprint density at radius 2 is 2.03 bits per heavy atom. The molecule has 1 atom stereocenters. The first-order valence-electron chi connectivity index (χ1n) is 9.88. The molecule has 0 bridgehead atoms. The summed E-state index contributed by atoms with van der Waals surface area (Å²) < 4.78 is 20.0. The van der Waals surface area contributed by atoms with Crippen molar-refractivity contribution in [2.24, 2.45) is 0 Å². The highest BCUT2D eigenvalue weighted by molar-refractivity contribution is 7.96. The number of cyclic esters (lactones) is 1. The molecule has 2 fully saturated rings. The largest absolute Gasteiger partial charge is 0.441 e. The fraction of sp³-hybridized carbons (Fsp3) is 0.526. The molecule has 31 heavy (non-hydrogen) atoms. The van der Waals surface area contributed by atoms with Crippen LogP contribution in [0, 0.1) is 5.82 Å². The van der Waals surface area contributed by atoms with Gasteiger partial charge in [-0.25, -0.2) is 14.2 Å². The van der Waals surface area contributed by atoms with E-state index in [4.69, 9.17) is 14.7 Å². The molecule has 1 aromatic carbocycles. The molecule has 0 spiro atoms. The summed E-state index contributed by atoms with van der Waals surface area (Å²) in [4.78, 5) is 45.0. The first-order valence-corrected chi connectivity index (χ1v) is 10.3. The van der Waals surface area contributed by atoms with Crippen LogP contribution >= 0.6 is 12.6 Å². The third kappa shape index (κ3) is 5.38. The van der Waals surface area contributed by atoms with Crippen LogP contribution in [0.5, 0.6) is 0 Å². The smallest absolute Gasteiger partial charge is 0.414 e. The Kier molecular flexibility index (Phi) is 7.57. The summed E-state index contributed by atoms with van der Waals surface area (Å²) in [5, 5.41) is 9.44. The Bertz CT molecular complexity index is 836. The maximum Gasteiger partial charge on any atom is 0.414 e. The average molecular weight is 456 g/mol. The van der Waals surface area contributed by atoms with Crippen LogP contribution in [0.4, 0.5) is 25.4 Å². The fourth-order valence-corrected chi connectivity index (χ4v) is 3.69. The SMILES string of the molecule is CCN(OC[C@@H]1CN(c2ccc(N3CCN(C(=O)CO)CC3)c(F)c2)C(=O)O1)C(=O)S. The number of benzene rings is 1. The minimum absolute atomic E-state index is 0.0280. The summed E-state index contributed by atoms with van der Waals surface area (Å²) in [7, 11) is 0. The number of nitrogens with zero attached hydrogens (tertiary/aromatic N) is 4. The van der Waals surface area contributed by atoms with Crippen molar-refractivity contribution < 1.29 is 33.5 Å². The van der Waals surface area contributed by atoms with Gasteiger partial charge in [0.1, 0.15) is 25.1 Å². The molecule has 0 aliphatic carbocycles. The van der Waals surface area contributed by atoms with Gasteiger partial charge in [0.2, 0.25) is 5.91 Å². The number of piperazine rings is 1. The molecule has 2 heterocycles. The number of ether oxygens (including phenoxy) is 1. The van der Waals surface area contributed by atoms with Crippen LogP contribution in [0.15, 0.2) is 18.2 Å². The van der Waals surface area contributed by atoms with Crippen molar-refractivity contribution in [1.29, 1.82) is 0 Å². The number of anilines is 2. The molecule has 170 valence electrons. The second-order valence-corrected chi connectivity index (χ2v) is 7.43. The Hall–Kier alpha value is -2.57. The number of rotatable bonds is 7. The van der Waals surface area contributed by atoms with Crippen molar-refractivity contribution in [3.05, 3.63) is 24.0 Å². The number of thiol groups is 1. The Morgan fingerprint density at radius 1 is 1.32 bits per heavy atom. The average Bonchev–Trinajstić information content (AvgIpc) is 3.14. The van der Waals surface area contributed by atoms with Crippen LogP contribution in [0.2, 0.25) is 0 Å². The zero-order valence-electron chi connectivity index (χ0n) is 17.1. The number of hydrogen-bond acceptors (Lipinski definition) is 7. The van der Waals surface area contributed by atoms with Gasteiger partial charge in [0.05, 0.1) is 17.9 Å². The van der Waals surface area contributed by atoms with Crippen LogP contribution < -0.4 is 9.80 Å². The summed E-state index contributed by atoms with van der Waals surface area (Å²) >= 11 is 3.69. The maximum absolute atomic E-state index is 14.8. The minimum Gasteiger partial charge on any atom is -0.441 e. The monoisotopic (exact) mass is 456 g/mol. The number of halogens is 1. The number of carbonyl (C=O) groups is 3. The molecule has 0 unspecified atom stereocenters. The minimum atomic E-state index is -0.628. The lowest BCUT2D eigenvalue weighted by molar-refractivity contribution is -0.134. The summed E-state index contributed by atoms with van der Waals surface area (Å²) in [5.41, 5.74) is 0.721. The van der Waals surface area contributed by atoms with Gasteiger partial charge in [-0.05, 0) is 25.1 Å². The molecule has 3 rings (SSSR count). The van der Waals surface area contributed by atoms with E-state index < -0.39 is 29.9 Å². The molecule has 1 N–H and O–H groups in total. The standard InChI is InChI=1S/C19H25FN4O6S/c1-2-24(19(28)31)29-12-14-10-23(18(27)30-14)13-3-4-16(15(20)9-13)21-5-7-22(8-6-21)17(26)11-25/h3-4,9,14,25H,2,5-8,10-12H2,1H3,(H,28,31)/t14-/m0/s1. The van der Waals surface area contributed by atoms with Crippen LogP contribution in [0.1, 0.15) is 6.92 Å². The maximum atomic E-state index is 14.8. The number of carbonyl (C=O) groups excluding carboxylic acids is 3. The number of hydroxylamine groups is 2. The quantitative estimate of drug-likeness (QED) is 0.468. The van der Waals surface area contributed by atoms with E-state index in [9.17, 15) is 18.8 Å². The van der Waals surface area contributed by atoms with E-state index in [0.29, 0.717) is 44.1 Å². The lowest BCUT2D eigenvalue weighted by Crippen LogP contribution is -2.49. The highest BCUT2D eigenvalue weighted by Crippen LogP contribution is 2.28. The van der Waals surface area contributed by atoms with Crippen LogP contribution in [-0.4, -0.2) is 90.9 Å². The van der Waals surface area contributed by atoms with E-state index in [2.05, 4.69) is 12.6 Å². The van der Waals surface area contributed by atoms with Crippen LogP contribution in [0.25, 0.3) is 0 Å². The molecule has 12 heteroatoms. The van der Waals surface area contributed by atoms with E-state index in [1.54, 1.807) is 19.1 Å². The van der Waals surface area contributed by atoms with Crippen LogP contribution in [-0.2, 0) is 14.4 Å². The van der Waals surface area contributed by atoms with Crippen molar-refractivity contribution >= 4 is 41.2 Å². The van der Waals surface area contributed by atoms with Gasteiger partial charge >= 0.3 is 11.3 Å². The van der Waals surface area contributed by atoms with E-state index in [1.807, 2.05) is 4.90 Å². The second kappa shape index (κ2) is 10.2. The molecular weight excluding hydrogens is 431 g/mol. The van der Waals surface area contributed by atoms with Crippen molar-refractivity contribution in [2.75, 3.05) is 62.3 Å². The molecule has 3 amide bonds. The van der Waals surface area contributed by atoms with Gasteiger partial charge in [0, 0.05) is 32.7 Å². The third-order valence-electron chi connectivity index (χ3n) is 5.14. The summed E-state index contributed by atoms with van der Waals surface area (Å²) in [6.45, 7) is 3.25. The number of aliphatic hydroxyl groups is 1. The number of aliphatic hydroxyl groups excluding tert-OH is 1. The molecule has 0 radical (unpaired) electrons. The summed E-state index contributed by atoms with van der Waals surface area (Å²) in [6, 6.07) is 4.48. The topological polar surface area (TPSA) is 103 Å². The molecule has 2 saturated heterocycles. The highest BCUT2D eigenvalue weighted by atomic mass is 32.1. The van der Waals surface area contributed by atoms with E-state index in [0.717, 1.165) is 5.06 Å². The number of hydrogen-bond donors (Lipinski definition) is 2. The Labute approximate surface area is 184 Å². The zero-order valence-corrected chi connectivity index (χ0v) is 18.0. The fourth-order valence-electron chi connectivity index (χ4n) is 3.49. The predicted molar refractivity (Wildman–Crippen MR) is 113 cm³/mol. The predicted octanol–water partition coefficient (Wildman–Crippen LogP) is 1.10. The molecule has 10 nitrogen and oxygen atoms in total. The molecule has 0 saturated carbocycles. The molecule has 2 aliphatic heterocycles. The lowest BCUT2D eigenvalue weighted by Gasteiger charge is -2.36. The van der Waals surface area contributed by atoms with Crippen molar-refractivity contribution in [2.45, 2.75) is 13.0 Å². The molecule has 1 aromatic rings. The van der Waals surface area contributed by atoms with Crippen molar-refractivity contribution in [3.8, 4) is 0 Å². The second-order valence-electron chi connectivity index (χ2n) is 7.05. The lowest BCUT2D eigenvalue weighted by atomic mass is 10.2. The highest BCUT2D eigenvalue weighted by Gasteiger charge is 2.34. The van der Waals surface area contributed by atoms with Crippen molar-refractivity contribution in [3.63, 3.8) is 0 Å². The van der Waals surface area contributed by atoms with Crippen LogP contribution in [0.3, 0.4) is 0 Å². The van der Waals surface area contributed by atoms with E-state index in [-0.39, 0.29) is 19.1 Å².